The van der Waals surface area contributed by atoms with Crippen molar-refractivity contribution in [2.75, 3.05) is 0 Å². The van der Waals surface area contributed by atoms with E-state index in [2.05, 4.69) is 21.5 Å². The Labute approximate surface area is 128 Å². The lowest BCUT2D eigenvalue weighted by atomic mass is 10.1. The van der Waals surface area contributed by atoms with Gasteiger partial charge in [0.1, 0.15) is 11.9 Å². The highest BCUT2D eigenvalue weighted by Crippen LogP contribution is 2.21. The third kappa shape index (κ3) is 2.77. The summed E-state index contributed by atoms with van der Waals surface area (Å²) in [6, 6.07) is 11.5. The fourth-order valence-electron chi connectivity index (χ4n) is 2.50. The van der Waals surface area contributed by atoms with E-state index in [-0.39, 0.29) is 0 Å². The lowest BCUT2D eigenvalue weighted by molar-refractivity contribution is 0.170. The molecule has 2 aromatic heterocycles. The van der Waals surface area contributed by atoms with Crippen LogP contribution < -0.4 is 0 Å². The lowest BCUT2D eigenvalue weighted by Crippen LogP contribution is -2.09. The minimum atomic E-state index is -0.690. The van der Waals surface area contributed by atoms with Crippen LogP contribution in [0.5, 0.6) is 0 Å². The number of pyridine rings is 1. The van der Waals surface area contributed by atoms with Crippen LogP contribution in [-0.2, 0) is 13.0 Å². The Balaban J connectivity index is 1.92. The molecule has 0 bridgehead atoms. The summed E-state index contributed by atoms with van der Waals surface area (Å²) in [6.07, 6.45) is 1.28. The van der Waals surface area contributed by atoms with Gasteiger partial charge in [-0.3, -0.25) is 4.98 Å². The first-order valence-electron chi connectivity index (χ1n) is 6.92. The summed E-state index contributed by atoms with van der Waals surface area (Å²) in [4.78, 5) is 8.78. The molecular weight excluding hydrogens is 286 g/mol. The Hall–Kier alpha value is -1.91. The van der Waals surface area contributed by atoms with Crippen LogP contribution in [0.25, 0.3) is 11.0 Å². The van der Waals surface area contributed by atoms with E-state index in [0.29, 0.717) is 17.1 Å². The summed E-state index contributed by atoms with van der Waals surface area (Å²) in [5.41, 5.74) is 2.64. The number of hydrogen-bond donors (Lipinski definition) is 1. The minimum Gasteiger partial charge on any atom is -0.386 e. The topological polar surface area (TPSA) is 50.9 Å². The molecule has 21 heavy (non-hydrogen) atoms. The van der Waals surface area contributed by atoms with Crippen molar-refractivity contribution in [1.29, 1.82) is 0 Å². The number of benzene rings is 1. The zero-order chi connectivity index (χ0) is 14.8. The minimum absolute atomic E-state index is 0.428. The molecule has 1 N–H and O–H groups in total. The van der Waals surface area contributed by atoms with E-state index < -0.39 is 6.10 Å². The van der Waals surface area contributed by atoms with Crippen LogP contribution in [0, 0.1) is 0 Å². The van der Waals surface area contributed by atoms with Gasteiger partial charge in [0.25, 0.3) is 0 Å². The first-order chi connectivity index (χ1) is 10.2. The number of fused-ring (bicyclic) bond motifs is 1. The molecule has 0 saturated carbocycles. The van der Waals surface area contributed by atoms with Gasteiger partial charge in [-0.1, -0.05) is 23.7 Å². The second-order valence-corrected chi connectivity index (χ2v) is 5.32. The molecule has 1 atom stereocenters. The Morgan fingerprint density at radius 2 is 2.05 bits per heavy atom. The van der Waals surface area contributed by atoms with Gasteiger partial charge in [-0.05, 0) is 31.2 Å². The van der Waals surface area contributed by atoms with Gasteiger partial charge in [0.2, 0.25) is 0 Å². The number of nitrogens with zero attached hydrogens (tertiary/aromatic N) is 3. The molecule has 4 nitrogen and oxygen atoms in total. The van der Waals surface area contributed by atoms with Crippen LogP contribution in [0.3, 0.4) is 0 Å². The van der Waals surface area contributed by atoms with Crippen molar-refractivity contribution in [1.82, 2.24) is 14.5 Å². The summed E-state index contributed by atoms with van der Waals surface area (Å²) >= 11 is 5.82. The number of para-hydroxylation sites is 2. The number of aryl methyl sites for hydroxylation is 1. The molecule has 3 aromatic rings. The maximum absolute atomic E-state index is 10.4. The van der Waals surface area contributed by atoms with E-state index in [0.717, 1.165) is 23.4 Å². The molecule has 1 aromatic carbocycles. The smallest absolute Gasteiger partial charge is 0.112 e. The van der Waals surface area contributed by atoms with Crippen molar-refractivity contribution in [3.05, 3.63) is 59.1 Å². The molecule has 2 heterocycles. The van der Waals surface area contributed by atoms with Crippen LogP contribution in [0.1, 0.15) is 24.5 Å². The van der Waals surface area contributed by atoms with E-state index in [1.54, 1.807) is 18.3 Å². The first kappa shape index (κ1) is 14.0. The molecule has 0 radical (unpaired) electrons. The maximum atomic E-state index is 10.4. The monoisotopic (exact) mass is 301 g/mol. The van der Waals surface area contributed by atoms with Gasteiger partial charge in [-0.25, -0.2) is 4.98 Å². The van der Waals surface area contributed by atoms with Crippen LogP contribution in [0.4, 0.5) is 0 Å². The molecule has 0 aliphatic carbocycles. The Bertz CT molecular complexity index is 752. The Morgan fingerprint density at radius 1 is 1.24 bits per heavy atom. The predicted molar refractivity (Wildman–Crippen MR) is 83.3 cm³/mol. The van der Waals surface area contributed by atoms with Crippen molar-refractivity contribution < 1.29 is 5.11 Å². The third-order valence-electron chi connectivity index (χ3n) is 3.52. The molecule has 0 aliphatic rings. The molecule has 1 unspecified atom stereocenters. The van der Waals surface area contributed by atoms with Gasteiger partial charge >= 0.3 is 0 Å². The van der Waals surface area contributed by atoms with E-state index in [1.165, 1.54) is 0 Å². The van der Waals surface area contributed by atoms with Crippen LogP contribution in [-0.4, -0.2) is 19.6 Å². The number of aliphatic hydroxyl groups is 1. The van der Waals surface area contributed by atoms with E-state index >= 15 is 0 Å². The quantitative estimate of drug-likeness (QED) is 0.803. The second kappa shape index (κ2) is 5.84. The molecule has 0 fully saturated rings. The maximum Gasteiger partial charge on any atom is 0.112 e. The largest absolute Gasteiger partial charge is 0.386 e. The summed E-state index contributed by atoms with van der Waals surface area (Å²) in [5.74, 6) is 0.864. The second-order valence-electron chi connectivity index (χ2n) is 4.88. The highest BCUT2D eigenvalue weighted by molar-refractivity contribution is 6.30. The van der Waals surface area contributed by atoms with Crippen molar-refractivity contribution in [2.24, 2.45) is 0 Å². The summed E-state index contributed by atoms with van der Waals surface area (Å²) in [5, 5.41) is 10.9. The molecule has 5 heteroatoms. The number of hydrogen-bond acceptors (Lipinski definition) is 3. The molecule has 0 aliphatic heterocycles. The number of halogens is 1. The van der Waals surface area contributed by atoms with Crippen LogP contribution >= 0.6 is 11.6 Å². The molecule has 0 amide bonds. The number of aromatic nitrogens is 3. The molecular formula is C16H16ClN3O. The number of aliphatic hydroxyl groups excluding tert-OH is 1. The summed E-state index contributed by atoms with van der Waals surface area (Å²) in [6.45, 7) is 2.89. The van der Waals surface area contributed by atoms with Gasteiger partial charge in [0, 0.05) is 19.2 Å². The van der Waals surface area contributed by atoms with E-state index in [9.17, 15) is 5.11 Å². The fraction of sp³-hybridized carbons (Fsp3) is 0.250. The Morgan fingerprint density at radius 3 is 2.76 bits per heavy atom. The normalized spacial score (nSPS) is 12.7. The van der Waals surface area contributed by atoms with Crippen molar-refractivity contribution in [3.8, 4) is 0 Å². The average Bonchev–Trinajstić information content (AvgIpc) is 2.84. The van der Waals surface area contributed by atoms with Gasteiger partial charge in [-0.2, -0.15) is 0 Å². The molecule has 0 spiro atoms. The first-order valence-corrected chi connectivity index (χ1v) is 7.30. The Kier molecular flexibility index (Phi) is 3.90. The SMILES string of the molecule is CCn1c(CC(O)c2ccc(Cl)cn2)nc2ccccc21. The highest BCUT2D eigenvalue weighted by atomic mass is 35.5. The predicted octanol–water partition coefficient (Wildman–Crippen LogP) is 3.38. The standard InChI is InChI=1S/C16H16ClN3O/c1-2-20-14-6-4-3-5-12(14)19-16(20)9-15(21)13-8-7-11(17)10-18-13/h3-8,10,15,21H,2,9H2,1H3. The number of rotatable bonds is 4. The zero-order valence-corrected chi connectivity index (χ0v) is 12.5. The van der Waals surface area contributed by atoms with Crippen molar-refractivity contribution >= 4 is 22.6 Å². The molecule has 0 saturated heterocycles. The van der Waals surface area contributed by atoms with E-state index in [1.807, 2.05) is 24.3 Å². The highest BCUT2D eigenvalue weighted by Gasteiger charge is 2.16. The average molecular weight is 302 g/mol. The zero-order valence-electron chi connectivity index (χ0n) is 11.7. The van der Waals surface area contributed by atoms with Gasteiger partial charge in [-0.15, -0.1) is 0 Å². The summed E-state index contributed by atoms with van der Waals surface area (Å²) in [7, 11) is 0. The number of imidazole rings is 1. The summed E-state index contributed by atoms with van der Waals surface area (Å²) < 4.78 is 2.12. The lowest BCUT2D eigenvalue weighted by Gasteiger charge is -2.11. The van der Waals surface area contributed by atoms with Gasteiger partial charge in [0.15, 0.2) is 0 Å². The van der Waals surface area contributed by atoms with Gasteiger partial charge < -0.3 is 9.67 Å². The molecule has 108 valence electrons. The van der Waals surface area contributed by atoms with Gasteiger partial charge in [0.05, 0.1) is 21.7 Å². The van der Waals surface area contributed by atoms with E-state index in [4.69, 9.17) is 11.6 Å². The van der Waals surface area contributed by atoms with Crippen molar-refractivity contribution in [3.63, 3.8) is 0 Å². The fourth-order valence-corrected chi connectivity index (χ4v) is 2.61. The van der Waals surface area contributed by atoms with Crippen LogP contribution in [0.15, 0.2) is 42.6 Å². The third-order valence-corrected chi connectivity index (χ3v) is 3.74. The van der Waals surface area contributed by atoms with Crippen LogP contribution in [0.2, 0.25) is 5.02 Å². The van der Waals surface area contributed by atoms with Crippen molar-refractivity contribution in [2.45, 2.75) is 26.0 Å². The molecule has 3 rings (SSSR count).